The molecule has 4 rings (SSSR count). The van der Waals surface area contributed by atoms with Crippen LogP contribution in [0.1, 0.15) is 30.7 Å². The lowest BCUT2D eigenvalue weighted by atomic mass is 9.86. The average Bonchev–Trinajstić information content (AvgIpc) is 2.58. The Balaban J connectivity index is 1.82. The zero-order chi connectivity index (χ0) is 19.2. The molecule has 0 radical (unpaired) electrons. The maximum Gasteiger partial charge on any atom is 0.573 e. The Kier molecular flexibility index (Phi) is 3.91. The first-order valence-electron chi connectivity index (χ1n) is 8.42. The first-order valence-corrected chi connectivity index (χ1v) is 8.42. The highest BCUT2D eigenvalue weighted by Gasteiger charge is 2.33. The third-order valence-electron chi connectivity index (χ3n) is 4.34. The van der Waals surface area contributed by atoms with Crippen molar-refractivity contribution in [2.75, 3.05) is 0 Å². The fourth-order valence-electron chi connectivity index (χ4n) is 3.31. The Labute approximate surface area is 153 Å². The summed E-state index contributed by atoms with van der Waals surface area (Å²) >= 11 is 0. The van der Waals surface area contributed by atoms with Crippen LogP contribution in [-0.4, -0.2) is 27.8 Å². The van der Waals surface area contributed by atoms with Gasteiger partial charge in [0, 0.05) is 10.9 Å². The standard InChI is InChI=1S/C20H16F3N3O/c1-19(2)11-13-9-14(27-20(21,22)23)7-8-15(13)18(24-19)17-10-12-5-3-4-6-16(12)25-26-17/h3-10H,11H2,1-2H3. The zero-order valence-electron chi connectivity index (χ0n) is 14.7. The van der Waals surface area contributed by atoms with Gasteiger partial charge in [0.2, 0.25) is 0 Å². The molecule has 0 N–H and O–H groups in total. The van der Waals surface area contributed by atoms with Crippen molar-refractivity contribution >= 4 is 16.6 Å². The van der Waals surface area contributed by atoms with Gasteiger partial charge in [-0.15, -0.1) is 23.4 Å². The normalized spacial score (nSPS) is 16.0. The van der Waals surface area contributed by atoms with Crippen molar-refractivity contribution in [2.24, 2.45) is 4.99 Å². The molecule has 2 heterocycles. The van der Waals surface area contributed by atoms with E-state index < -0.39 is 11.9 Å². The topological polar surface area (TPSA) is 47.4 Å². The molecule has 0 amide bonds. The smallest absolute Gasteiger partial charge is 0.406 e. The van der Waals surface area contributed by atoms with Crippen LogP contribution in [0.4, 0.5) is 13.2 Å². The van der Waals surface area contributed by atoms with Crippen molar-refractivity contribution in [1.29, 1.82) is 0 Å². The summed E-state index contributed by atoms with van der Waals surface area (Å²) in [5.41, 5.74) is 2.98. The molecule has 0 unspecified atom stereocenters. The van der Waals surface area contributed by atoms with Gasteiger partial charge in [0.25, 0.3) is 0 Å². The molecule has 7 heteroatoms. The Morgan fingerprint density at radius 2 is 1.78 bits per heavy atom. The van der Waals surface area contributed by atoms with E-state index in [1.165, 1.54) is 12.1 Å². The van der Waals surface area contributed by atoms with Gasteiger partial charge in [-0.05, 0) is 56.2 Å². The molecule has 1 aromatic heterocycles. The van der Waals surface area contributed by atoms with Crippen LogP contribution in [0.2, 0.25) is 0 Å². The molecule has 0 bridgehead atoms. The fraction of sp³-hybridized carbons (Fsp3) is 0.250. The van der Waals surface area contributed by atoms with Gasteiger partial charge in [-0.25, -0.2) is 0 Å². The number of nitrogens with zero attached hydrogens (tertiary/aromatic N) is 3. The van der Waals surface area contributed by atoms with Crippen molar-refractivity contribution in [3.8, 4) is 5.75 Å². The van der Waals surface area contributed by atoms with Crippen molar-refractivity contribution in [3.63, 3.8) is 0 Å². The van der Waals surface area contributed by atoms with E-state index >= 15 is 0 Å². The number of halogens is 3. The molecule has 1 aliphatic rings. The predicted octanol–water partition coefficient (Wildman–Crippen LogP) is 4.70. The monoisotopic (exact) mass is 371 g/mol. The molecular weight excluding hydrogens is 355 g/mol. The van der Waals surface area contributed by atoms with Gasteiger partial charge in [-0.1, -0.05) is 18.2 Å². The Morgan fingerprint density at radius 3 is 2.56 bits per heavy atom. The SMILES string of the molecule is CC1(C)Cc2cc(OC(F)(F)F)ccc2C(c2cc3ccccc3nn2)=N1. The van der Waals surface area contributed by atoms with E-state index in [9.17, 15) is 13.2 Å². The van der Waals surface area contributed by atoms with Crippen molar-refractivity contribution in [2.45, 2.75) is 32.2 Å². The molecular formula is C20H16F3N3O. The number of hydrogen-bond acceptors (Lipinski definition) is 4. The van der Waals surface area contributed by atoms with Gasteiger partial charge in [0.15, 0.2) is 0 Å². The zero-order valence-corrected chi connectivity index (χ0v) is 14.7. The van der Waals surface area contributed by atoms with E-state index in [1.54, 1.807) is 6.07 Å². The van der Waals surface area contributed by atoms with Crippen LogP contribution in [0, 0.1) is 0 Å². The summed E-state index contributed by atoms with van der Waals surface area (Å²) in [6.07, 6.45) is -4.22. The molecule has 27 heavy (non-hydrogen) atoms. The number of rotatable bonds is 2. The molecule has 3 aromatic rings. The molecule has 138 valence electrons. The largest absolute Gasteiger partial charge is 0.573 e. The molecule has 2 aromatic carbocycles. The molecule has 0 atom stereocenters. The third-order valence-corrected chi connectivity index (χ3v) is 4.34. The lowest BCUT2D eigenvalue weighted by Gasteiger charge is -2.29. The first-order chi connectivity index (χ1) is 12.7. The Bertz CT molecular complexity index is 1060. The minimum Gasteiger partial charge on any atom is -0.406 e. The van der Waals surface area contributed by atoms with Gasteiger partial charge < -0.3 is 4.74 Å². The van der Waals surface area contributed by atoms with Crippen LogP contribution in [-0.2, 0) is 6.42 Å². The first kappa shape index (κ1) is 17.5. The van der Waals surface area contributed by atoms with E-state index in [2.05, 4.69) is 14.9 Å². The van der Waals surface area contributed by atoms with E-state index in [4.69, 9.17) is 4.99 Å². The number of fused-ring (bicyclic) bond motifs is 2. The van der Waals surface area contributed by atoms with Gasteiger partial charge in [0.05, 0.1) is 16.8 Å². The second-order valence-corrected chi connectivity index (χ2v) is 7.10. The van der Waals surface area contributed by atoms with E-state index in [0.717, 1.165) is 22.0 Å². The van der Waals surface area contributed by atoms with Crippen molar-refractivity contribution in [1.82, 2.24) is 10.2 Å². The summed E-state index contributed by atoms with van der Waals surface area (Å²) in [5, 5.41) is 9.45. The predicted molar refractivity (Wildman–Crippen MR) is 96.1 cm³/mol. The van der Waals surface area contributed by atoms with Crippen molar-refractivity contribution < 1.29 is 17.9 Å². The minimum absolute atomic E-state index is 0.233. The molecule has 0 saturated carbocycles. The number of ether oxygens (including phenoxy) is 1. The quantitative estimate of drug-likeness (QED) is 0.656. The molecule has 0 spiro atoms. The molecule has 1 aliphatic heterocycles. The molecule has 0 aliphatic carbocycles. The van der Waals surface area contributed by atoms with E-state index in [1.807, 2.05) is 44.2 Å². The molecule has 0 saturated heterocycles. The van der Waals surface area contributed by atoms with Gasteiger partial charge in [-0.3, -0.25) is 4.99 Å². The fourth-order valence-corrected chi connectivity index (χ4v) is 3.31. The number of aliphatic imine (C=N–C) groups is 1. The number of aromatic nitrogens is 2. The van der Waals surface area contributed by atoms with Crippen LogP contribution in [0.5, 0.6) is 5.75 Å². The highest BCUT2D eigenvalue weighted by Crippen LogP contribution is 2.33. The highest BCUT2D eigenvalue weighted by molar-refractivity contribution is 6.14. The maximum absolute atomic E-state index is 12.6. The van der Waals surface area contributed by atoms with Crippen LogP contribution in [0.15, 0.2) is 53.5 Å². The number of hydrogen-bond donors (Lipinski definition) is 0. The summed E-state index contributed by atoms with van der Waals surface area (Å²) < 4.78 is 41.7. The van der Waals surface area contributed by atoms with Gasteiger partial charge in [-0.2, -0.15) is 0 Å². The second kappa shape index (κ2) is 6.04. The summed E-state index contributed by atoms with van der Waals surface area (Å²) in [6.45, 7) is 3.86. The van der Waals surface area contributed by atoms with Gasteiger partial charge in [0.1, 0.15) is 11.4 Å². The number of benzene rings is 2. The van der Waals surface area contributed by atoms with Crippen LogP contribution in [0.25, 0.3) is 10.9 Å². The maximum atomic E-state index is 12.6. The summed E-state index contributed by atoms with van der Waals surface area (Å²) in [6, 6.07) is 13.8. The van der Waals surface area contributed by atoms with Crippen molar-refractivity contribution in [3.05, 3.63) is 65.4 Å². The highest BCUT2D eigenvalue weighted by atomic mass is 19.4. The summed E-state index contributed by atoms with van der Waals surface area (Å²) in [7, 11) is 0. The minimum atomic E-state index is -4.72. The van der Waals surface area contributed by atoms with Gasteiger partial charge >= 0.3 is 6.36 Å². The average molecular weight is 371 g/mol. The molecule has 0 fully saturated rings. The lowest BCUT2D eigenvalue weighted by molar-refractivity contribution is -0.274. The third kappa shape index (κ3) is 3.63. The van der Waals surface area contributed by atoms with Crippen LogP contribution in [0.3, 0.4) is 0 Å². The van der Waals surface area contributed by atoms with Crippen LogP contribution < -0.4 is 4.74 Å². The summed E-state index contributed by atoms with van der Waals surface area (Å²) in [5.74, 6) is -0.233. The lowest BCUT2D eigenvalue weighted by Crippen LogP contribution is -2.30. The van der Waals surface area contributed by atoms with E-state index in [0.29, 0.717) is 17.8 Å². The van der Waals surface area contributed by atoms with Crippen LogP contribution >= 0.6 is 0 Å². The summed E-state index contributed by atoms with van der Waals surface area (Å²) in [4.78, 5) is 4.79. The van der Waals surface area contributed by atoms with E-state index in [-0.39, 0.29) is 5.75 Å². The Hall–Kier alpha value is -2.96. The number of alkyl halides is 3. The molecule has 4 nitrogen and oxygen atoms in total. The second-order valence-electron chi connectivity index (χ2n) is 7.10. The Morgan fingerprint density at radius 1 is 1.00 bits per heavy atom.